The van der Waals surface area contributed by atoms with E-state index >= 15 is 0 Å². The van der Waals surface area contributed by atoms with Crippen LogP contribution in [0, 0.1) is 0 Å². The van der Waals surface area contributed by atoms with E-state index in [1.165, 1.54) is 0 Å². The van der Waals surface area contributed by atoms with E-state index in [-0.39, 0.29) is 5.91 Å². The first kappa shape index (κ1) is 14.9. The Kier molecular flexibility index (Phi) is 5.21. The highest BCUT2D eigenvalue weighted by molar-refractivity contribution is 5.94. The molecule has 4 heteroatoms. The van der Waals surface area contributed by atoms with Crippen molar-refractivity contribution in [3.63, 3.8) is 0 Å². The number of amides is 1. The fourth-order valence-electron chi connectivity index (χ4n) is 1.96. The summed E-state index contributed by atoms with van der Waals surface area (Å²) in [5, 5.41) is 0. The number of hydrogen-bond donors (Lipinski definition) is 1. The van der Waals surface area contributed by atoms with Crippen molar-refractivity contribution >= 4 is 11.6 Å². The molecule has 0 saturated heterocycles. The molecule has 2 aromatic carbocycles. The van der Waals surface area contributed by atoms with Crippen molar-refractivity contribution in [3.8, 4) is 5.75 Å². The Morgan fingerprint density at radius 1 is 1.10 bits per heavy atom. The number of hydrogen-bond acceptors (Lipinski definition) is 3. The van der Waals surface area contributed by atoms with Crippen molar-refractivity contribution in [1.82, 2.24) is 4.90 Å². The summed E-state index contributed by atoms with van der Waals surface area (Å²) in [6.45, 7) is 1.24. The van der Waals surface area contributed by atoms with E-state index in [2.05, 4.69) is 0 Å². The second kappa shape index (κ2) is 7.33. The summed E-state index contributed by atoms with van der Waals surface area (Å²) in [5.41, 5.74) is 6.92. The molecule has 0 heterocycles. The minimum atomic E-state index is -0.00490. The number of nitrogen functional groups attached to an aromatic ring is 1. The number of nitrogens with zero attached hydrogens (tertiary/aromatic N) is 1. The van der Waals surface area contributed by atoms with Gasteiger partial charge in [-0.05, 0) is 42.8 Å². The Labute approximate surface area is 125 Å². The molecule has 110 valence electrons. The highest BCUT2D eigenvalue weighted by Crippen LogP contribution is 2.10. The molecule has 0 atom stereocenters. The Hall–Kier alpha value is -2.49. The Morgan fingerprint density at radius 3 is 2.43 bits per heavy atom. The van der Waals surface area contributed by atoms with Gasteiger partial charge < -0.3 is 15.4 Å². The van der Waals surface area contributed by atoms with Gasteiger partial charge in [0.05, 0.1) is 6.61 Å². The number of carbonyl (C=O) groups is 1. The van der Waals surface area contributed by atoms with Crippen LogP contribution < -0.4 is 10.5 Å². The number of benzene rings is 2. The monoisotopic (exact) mass is 284 g/mol. The molecule has 0 bridgehead atoms. The van der Waals surface area contributed by atoms with Crippen LogP contribution in [0.4, 0.5) is 5.69 Å². The summed E-state index contributed by atoms with van der Waals surface area (Å²) in [6.07, 6.45) is 0.784. The van der Waals surface area contributed by atoms with E-state index in [0.29, 0.717) is 24.4 Å². The third kappa shape index (κ3) is 4.53. The molecule has 0 aromatic heterocycles. The van der Waals surface area contributed by atoms with Crippen molar-refractivity contribution in [2.24, 2.45) is 0 Å². The highest BCUT2D eigenvalue weighted by Gasteiger charge is 2.10. The number of para-hydroxylation sites is 1. The molecule has 2 aromatic rings. The van der Waals surface area contributed by atoms with E-state index in [9.17, 15) is 4.79 Å². The van der Waals surface area contributed by atoms with Crippen molar-refractivity contribution in [2.45, 2.75) is 6.42 Å². The zero-order chi connectivity index (χ0) is 15.1. The lowest BCUT2D eigenvalue weighted by molar-refractivity contribution is 0.0788. The number of nitrogens with two attached hydrogens (primary N) is 1. The van der Waals surface area contributed by atoms with Crippen LogP contribution in [-0.2, 0) is 0 Å². The second-order valence-electron chi connectivity index (χ2n) is 4.86. The second-order valence-corrected chi connectivity index (χ2v) is 4.86. The first-order valence-electron chi connectivity index (χ1n) is 6.95. The number of rotatable bonds is 6. The predicted octanol–water partition coefficient (Wildman–Crippen LogP) is 2.81. The summed E-state index contributed by atoms with van der Waals surface area (Å²) >= 11 is 0. The molecule has 1 amide bonds. The summed E-state index contributed by atoms with van der Waals surface area (Å²) in [6, 6.07) is 16.6. The van der Waals surface area contributed by atoms with Gasteiger partial charge in [-0.25, -0.2) is 0 Å². The van der Waals surface area contributed by atoms with Gasteiger partial charge in [0, 0.05) is 24.8 Å². The number of ether oxygens (including phenoxy) is 1. The molecular weight excluding hydrogens is 264 g/mol. The van der Waals surface area contributed by atoms with Gasteiger partial charge in [0.2, 0.25) is 0 Å². The molecule has 0 aliphatic rings. The quantitative estimate of drug-likeness (QED) is 0.655. The maximum absolute atomic E-state index is 12.2. The Balaban J connectivity index is 1.75. The molecule has 0 saturated carbocycles. The third-order valence-corrected chi connectivity index (χ3v) is 3.15. The molecule has 2 N–H and O–H groups in total. The fourth-order valence-corrected chi connectivity index (χ4v) is 1.96. The zero-order valence-corrected chi connectivity index (χ0v) is 12.2. The summed E-state index contributed by atoms with van der Waals surface area (Å²) < 4.78 is 5.60. The molecule has 21 heavy (non-hydrogen) atoms. The van der Waals surface area contributed by atoms with Crippen LogP contribution in [0.1, 0.15) is 16.8 Å². The summed E-state index contributed by atoms with van der Waals surface area (Å²) in [7, 11) is 1.79. The largest absolute Gasteiger partial charge is 0.494 e. The maximum atomic E-state index is 12.2. The van der Waals surface area contributed by atoms with E-state index < -0.39 is 0 Å². The Morgan fingerprint density at radius 2 is 1.76 bits per heavy atom. The van der Waals surface area contributed by atoms with Crippen LogP contribution in [0.5, 0.6) is 5.75 Å². The van der Waals surface area contributed by atoms with Gasteiger partial charge in [0.25, 0.3) is 5.91 Å². The molecule has 0 fully saturated rings. The Bertz CT molecular complexity index is 567. The van der Waals surface area contributed by atoms with Crippen LogP contribution in [0.25, 0.3) is 0 Å². The molecule has 0 spiro atoms. The van der Waals surface area contributed by atoms with Gasteiger partial charge >= 0.3 is 0 Å². The first-order chi connectivity index (χ1) is 10.2. The number of carbonyl (C=O) groups excluding carboxylic acids is 1. The van der Waals surface area contributed by atoms with E-state index in [4.69, 9.17) is 10.5 Å². The highest BCUT2D eigenvalue weighted by atomic mass is 16.5. The molecule has 0 aliphatic carbocycles. The van der Waals surface area contributed by atoms with Crippen LogP contribution >= 0.6 is 0 Å². The van der Waals surface area contributed by atoms with Gasteiger partial charge in [-0.3, -0.25) is 4.79 Å². The third-order valence-electron chi connectivity index (χ3n) is 3.15. The molecule has 2 rings (SSSR count). The maximum Gasteiger partial charge on any atom is 0.253 e. The first-order valence-corrected chi connectivity index (χ1v) is 6.95. The van der Waals surface area contributed by atoms with Crippen molar-refractivity contribution in [3.05, 3.63) is 60.2 Å². The van der Waals surface area contributed by atoms with Crippen LogP contribution in [0.2, 0.25) is 0 Å². The average molecular weight is 284 g/mol. The minimum Gasteiger partial charge on any atom is -0.494 e. The van der Waals surface area contributed by atoms with E-state index in [0.717, 1.165) is 12.2 Å². The standard InChI is InChI=1S/C17H20N2O2/c1-19(17(20)14-8-10-15(18)11-9-14)12-5-13-21-16-6-3-2-4-7-16/h2-4,6-11H,5,12-13,18H2,1H3. The molecule has 0 unspecified atom stereocenters. The van der Waals surface area contributed by atoms with Gasteiger partial charge in [0.1, 0.15) is 5.75 Å². The van der Waals surface area contributed by atoms with Gasteiger partial charge in [-0.1, -0.05) is 18.2 Å². The van der Waals surface area contributed by atoms with E-state index in [1.54, 1.807) is 36.2 Å². The van der Waals surface area contributed by atoms with Gasteiger partial charge in [-0.2, -0.15) is 0 Å². The lowest BCUT2D eigenvalue weighted by Gasteiger charge is -2.17. The van der Waals surface area contributed by atoms with Crippen molar-refractivity contribution in [2.75, 3.05) is 25.9 Å². The predicted molar refractivity (Wildman–Crippen MR) is 84.4 cm³/mol. The SMILES string of the molecule is CN(CCCOc1ccccc1)C(=O)c1ccc(N)cc1. The number of anilines is 1. The van der Waals surface area contributed by atoms with Gasteiger partial charge in [0.15, 0.2) is 0 Å². The normalized spacial score (nSPS) is 10.1. The average Bonchev–Trinajstić information content (AvgIpc) is 2.52. The molecule has 0 radical (unpaired) electrons. The van der Waals surface area contributed by atoms with Crippen LogP contribution in [-0.4, -0.2) is 31.0 Å². The van der Waals surface area contributed by atoms with Crippen LogP contribution in [0.3, 0.4) is 0 Å². The summed E-state index contributed by atoms with van der Waals surface area (Å²) in [4.78, 5) is 13.9. The van der Waals surface area contributed by atoms with Crippen molar-refractivity contribution in [1.29, 1.82) is 0 Å². The lowest BCUT2D eigenvalue weighted by Crippen LogP contribution is -2.28. The van der Waals surface area contributed by atoms with Crippen LogP contribution in [0.15, 0.2) is 54.6 Å². The summed E-state index contributed by atoms with van der Waals surface area (Å²) in [5.74, 6) is 0.847. The van der Waals surface area contributed by atoms with Crippen molar-refractivity contribution < 1.29 is 9.53 Å². The molecule has 0 aliphatic heterocycles. The fraction of sp³-hybridized carbons (Fsp3) is 0.235. The van der Waals surface area contributed by atoms with Gasteiger partial charge in [-0.15, -0.1) is 0 Å². The minimum absolute atomic E-state index is 0.00490. The lowest BCUT2D eigenvalue weighted by atomic mass is 10.2. The van der Waals surface area contributed by atoms with E-state index in [1.807, 2.05) is 30.3 Å². The topological polar surface area (TPSA) is 55.6 Å². The molecular formula is C17H20N2O2. The molecule has 4 nitrogen and oxygen atoms in total. The zero-order valence-electron chi connectivity index (χ0n) is 12.2. The smallest absolute Gasteiger partial charge is 0.253 e.